The molecule has 4 rings (SSSR count). The molecule has 0 amide bonds. The molecule has 5 nitrogen and oxygen atoms in total. The second kappa shape index (κ2) is 11.1. The smallest absolute Gasteiger partial charge is 0.145 e. The molecule has 0 unspecified atom stereocenters. The van der Waals surface area contributed by atoms with Crippen molar-refractivity contribution in [1.29, 1.82) is 0 Å². The molecule has 0 aromatic heterocycles. The van der Waals surface area contributed by atoms with Gasteiger partial charge in [0.15, 0.2) is 0 Å². The first-order valence-corrected chi connectivity index (χ1v) is 11.2. The molecule has 1 aliphatic rings. The largest absolute Gasteiger partial charge is 0.491 e. The van der Waals surface area contributed by atoms with Crippen LogP contribution in [0, 0.1) is 12.7 Å². The maximum absolute atomic E-state index is 13.4. The molecule has 0 aliphatic carbocycles. The Labute approximate surface area is 194 Å². The van der Waals surface area contributed by atoms with Gasteiger partial charge in [0, 0.05) is 26.1 Å². The number of aryl methyl sites for hydroxylation is 1. The molecule has 1 aliphatic heterocycles. The number of oxime groups is 1. The van der Waals surface area contributed by atoms with Gasteiger partial charge >= 0.3 is 0 Å². The zero-order chi connectivity index (χ0) is 23.0. The van der Waals surface area contributed by atoms with Crippen LogP contribution in [0.15, 0.2) is 84.0 Å². The number of hydrogen-bond donors (Lipinski definition) is 1. The molecule has 3 aromatic carbocycles. The highest BCUT2D eigenvalue weighted by atomic mass is 19.1. The quantitative estimate of drug-likeness (QED) is 0.494. The molecular formula is C27H29FN2O3. The van der Waals surface area contributed by atoms with Crippen molar-refractivity contribution in [3.8, 4) is 5.75 Å². The molecular weight excluding hydrogens is 419 g/mol. The van der Waals surface area contributed by atoms with Crippen molar-refractivity contribution in [2.45, 2.75) is 32.1 Å². The molecule has 0 saturated heterocycles. The van der Waals surface area contributed by atoms with Crippen LogP contribution in [0.2, 0.25) is 0 Å². The van der Waals surface area contributed by atoms with Gasteiger partial charge in [-0.25, -0.2) is 4.39 Å². The molecule has 2 atom stereocenters. The Morgan fingerprint density at radius 3 is 2.55 bits per heavy atom. The lowest BCUT2D eigenvalue weighted by molar-refractivity contribution is 0.0212. The Bertz CT molecular complexity index is 1060. The third kappa shape index (κ3) is 6.63. The van der Waals surface area contributed by atoms with Gasteiger partial charge in [-0.1, -0.05) is 65.8 Å². The van der Waals surface area contributed by atoms with E-state index in [1.165, 1.54) is 12.1 Å². The standard InChI is InChI=1S/C27H29FN2O3/c1-20-7-5-6-10-27(20)32-19-24(31)17-30(16-21-11-13-23(28)14-12-21)18-25-15-26(29-33-25)22-8-3-2-4-9-22/h2-14,24-25,31H,15-19H2,1H3/t24-,25+/m0/s1. The fraction of sp³-hybridized carbons (Fsp3) is 0.296. The lowest BCUT2D eigenvalue weighted by Crippen LogP contribution is -2.39. The van der Waals surface area contributed by atoms with E-state index in [1.54, 1.807) is 12.1 Å². The highest BCUT2D eigenvalue weighted by Gasteiger charge is 2.26. The van der Waals surface area contributed by atoms with Crippen LogP contribution in [-0.2, 0) is 11.4 Å². The second-order valence-corrected chi connectivity index (χ2v) is 8.39. The molecule has 0 bridgehead atoms. The third-order valence-corrected chi connectivity index (χ3v) is 5.62. The van der Waals surface area contributed by atoms with Crippen LogP contribution in [0.4, 0.5) is 4.39 Å². The first-order valence-electron chi connectivity index (χ1n) is 11.2. The van der Waals surface area contributed by atoms with E-state index < -0.39 is 6.10 Å². The summed E-state index contributed by atoms with van der Waals surface area (Å²) in [5, 5.41) is 15.0. The summed E-state index contributed by atoms with van der Waals surface area (Å²) in [6, 6.07) is 24.2. The van der Waals surface area contributed by atoms with Gasteiger partial charge in [0.1, 0.15) is 30.4 Å². The number of aliphatic hydroxyl groups is 1. The van der Waals surface area contributed by atoms with Crippen molar-refractivity contribution >= 4 is 5.71 Å². The molecule has 6 heteroatoms. The average molecular weight is 449 g/mol. The van der Waals surface area contributed by atoms with Crippen LogP contribution < -0.4 is 4.74 Å². The van der Waals surface area contributed by atoms with Crippen molar-refractivity contribution in [3.05, 3.63) is 101 Å². The Balaban J connectivity index is 1.37. The second-order valence-electron chi connectivity index (χ2n) is 8.39. The van der Waals surface area contributed by atoms with Gasteiger partial charge in [0.25, 0.3) is 0 Å². The predicted molar refractivity (Wildman–Crippen MR) is 127 cm³/mol. The lowest BCUT2D eigenvalue weighted by atomic mass is 10.0. The van der Waals surface area contributed by atoms with Crippen molar-refractivity contribution in [2.24, 2.45) is 5.16 Å². The minimum absolute atomic E-state index is 0.120. The highest BCUT2D eigenvalue weighted by molar-refractivity contribution is 6.01. The minimum Gasteiger partial charge on any atom is -0.491 e. The number of rotatable bonds is 10. The number of nitrogens with zero attached hydrogens (tertiary/aromatic N) is 2. The minimum atomic E-state index is -0.694. The third-order valence-electron chi connectivity index (χ3n) is 5.62. The van der Waals surface area contributed by atoms with Crippen molar-refractivity contribution in [1.82, 2.24) is 4.90 Å². The van der Waals surface area contributed by atoms with Gasteiger partial charge in [-0.2, -0.15) is 0 Å². The Kier molecular flexibility index (Phi) is 7.70. The zero-order valence-electron chi connectivity index (χ0n) is 18.7. The fourth-order valence-electron chi connectivity index (χ4n) is 3.92. The summed E-state index contributed by atoms with van der Waals surface area (Å²) in [7, 11) is 0. The van der Waals surface area contributed by atoms with Crippen LogP contribution in [0.5, 0.6) is 5.75 Å². The van der Waals surface area contributed by atoms with Gasteiger partial charge in [0.2, 0.25) is 0 Å². The van der Waals surface area contributed by atoms with E-state index in [4.69, 9.17) is 9.57 Å². The predicted octanol–water partition coefficient (Wildman–Crippen LogP) is 4.57. The van der Waals surface area contributed by atoms with E-state index in [2.05, 4.69) is 10.1 Å². The maximum Gasteiger partial charge on any atom is 0.145 e. The topological polar surface area (TPSA) is 54.3 Å². The van der Waals surface area contributed by atoms with Crippen LogP contribution in [-0.4, -0.2) is 47.6 Å². The molecule has 0 fully saturated rings. The average Bonchev–Trinajstić information content (AvgIpc) is 3.29. The van der Waals surface area contributed by atoms with Gasteiger partial charge in [-0.3, -0.25) is 4.90 Å². The van der Waals surface area contributed by atoms with E-state index in [1.807, 2.05) is 61.5 Å². The fourth-order valence-corrected chi connectivity index (χ4v) is 3.92. The molecule has 33 heavy (non-hydrogen) atoms. The molecule has 172 valence electrons. The van der Waals surface area contributed by atoms with E-state index in [9.17, 15) is 9.50 Å². The number of benzene rings is 3. The monoisotopic (exact) mass is 448 g/mol. The molecule has 0 radical (unpaired) electrons. The van der Waals surface area contributed by atoms with Crippen LogP contribution in [0.3, 0.4) is 0 Å². The number of para-hydroxylation sites is 1. The van der Waals surface area contributed by atoms with Crippen molar-refractivity contribution in [3.63, 3.8) is 0 Å². The van der Waals surface area contributed by atoms with Crippen LogP contribution in [0.1, 0.15) is 23.1 Å². The number of aliphatic hydroxyl groups excluding tert-OH is 1. The highest BCUT2D eigenvalue weighted by Crippen LogP contribution is 2.20. The Morgan fingerprint density at radius 1 is 1.06 bits per heavy atom. The van der Waals surface area contributed by atoms with E-state index in [-0.39, 0.29) is 18.5 Å². The summed E-state index contributed by atoms with van der Waals surface area (Å²) in [6.45, 7) is 3.69. The van der Waals surface area contributed by atoms with Crippen molar-refractivity contribution < 1.29 is 19.1 Å². The molecule has 3 aromatic rings. The zero-order valence-corrected chi connectivity index (χ0v) is 18.7. The van der Waals surface area contributed by atoms with E-state index in [0.29, 0.717) is 26.1 Å². The summed E-state index contributed by atoms with van der Waals surface area (Å²) < 4.78 is 19.2. The summed E-state index contributed by atoms with van der Waals surface area (Å²) in [6.07, 6.45) is -0.120. The lowest BCUT2D eigenvalue weighted by Gasteiger charge is -2.27. The summed E-state index contributed by atoms with van der Waals surface area (Å²) >= 11 is 0. The number of halogens is 1. The van der Waals surface area contributed by atoms with Gasteiger partial charge in [0.05, 0.1) is 5.71 Å². The van der Waals surface area contributed by atoms with Gasteiger partial charge in [-0.05, 0) is 41.8 Å². The Morgan fingerprint density at radius 2 is 1.79 bits per heavy atom. The molecule has 1 heterocycles. The van der Waals surface area contributed by atoms with Crippen molar-refractivity contribution in [2.75, 3.05) is 19.7 Å². The summed E-state index contributed by atoms with van der Waals surface area (Å²) in [5.41, 5.74) is 3.96. The summed E-state index contributed by atoms with van der Waals surface area (Å²) in [4.78, 5) is 7.81. The van der Waals surface area contributed by atoms with Gasteiger partial charge < -0.3 is 14.7 Å². The molecule has 0 saturated carbocycles. The Hall–Kier alpha value is -3.22. The van der Waals surface area contributed by atoms with E-state index >= 15 is 0 Å². The van der Waals surface area contributed by atoms with Gasteiger partial charge in [-0.15, -0.1) is 0 Å². The first-order chi connectivity index (χ1) is 16.1. The number of hydrogen-bond acceptors (Lipinski definition) is 5. The maximum atomic E-state index is 13.4. The normalized spacial score (nSPS) is 16.4. The first kappa shape index (κ1) is 23.0. The van der Waals surface area contributed by atoms with E-state index in [0.717, 1.165) is 28.2 Å². The number of ether oxygens (including phenoxy) is 1. The SMILES string of the molecule is Cc1ccccc1OC[C@@H](O)CN(Cc1ccc(F)cc1)C[C@H]1CC(c2ccccc2)=NO1. The molecule has 1 N–H and O–H groups in total. The molecule has 0 spiro atoms. The van der Waals surface area contributed by atoms with Crippen LogP contribution >= 0.6 is 0 Å². The van der Waals surface area contributed by atoms with Crippen LogP contribution in [0.25, 0.3) is 0 Å². The summed E-state index contributed by atoms with van der Waals surface area (Å²) in [5.74, 6) is 0.499.